The van der Waals surface area contributed by atoms with Crippen LogP contribution in [0.5, 0.6) is 0 Å². The summed E-state index contributed by atoms with van der Waals surface area (Å²) >= 11 is 0. The van der Waals surface area contributed by atoms with Gasteiger partial charge in [0.25, 0.3) is 5.89 Å². The second-order valence-corrected chi connectivity index (χ2v) is 5.79. The van der Waals surface area contributed by atoms with Crippen LogP contribution in [0.3, 0.4) is 0 Å². The number of likely N-dealkylation sites (N-methyl/N-ethyl adjacent to an activating group) is 2. The maximum atomic E-state index is 5.85. The summed E-state index contributed by atoms with van der Waals surface area (Å²) in [7, 11) is 4.21. The molecule has 21 heavy (non-hydrogen) atoms. The number of aromatic nitrogens is 2. The van der Waals surface area contributed by atoms with E-state index in [1.807, 2.05) is 25.1 Å². The van der Waals surface area contributed by atoms with E-state index in [1.54, 1.807) is 0 Å². The molecule has 1 aliphatic rings. The normalized spacial score (nSPS) is 20.8. The van der Waals surface area contributed by atoms with Crippen LogP contribution in [0.15, 0.2) is 22.7 Å². The maximum absolute atomic E-state index is 5.85. The van der Waals surface area contributed by atoms with Gasteiger partial charge < -0.3 is 15.2 Å². The van der Waals surface area contributed by atoms with Crippen LogP contribution in [0.25, 0.3) is 11.5 Å². The molecular formula is C15H21N5O. The van der Waals surface area contributed by atoms with E-state index in [2.05, 4.69) is 34.0 Å². The van der Waals surface area contributed by atoms with E-state index >= 15 is 0 Å². The standard InChI is InChI=1S/C15H21N5O/c1-10-4-5-11(16)8-12(10)15-17-14(18-21-15)13-9-19(2)6-7-20(13)3/h4-5,8,13H,6-7,9,16H2,1-3H3. The predicted octanol–water partition coefficient (Wildman–Crippen LogP) is 1.55. The largest absolute Gasteiger partial charge is 0.399 e. The summed E-state index contributed by atoms with van der Waals surface area (Å²) in [5.41, 5.74) is 8.53. The van der Waals surface area contributed by atoms with Crippen molar-refractivity contribution in [2.24, 2.45) is 0 Å². The van der Waals surface area contributed by atoms with Gasteiger partial charge in [-0.2, -0.15) is 4.98 Å². The van der Waals surface area contributed by atoms with Crippen LogP contribution < -0.4 is 5.73 Å². The van der Waals surface area contributed by atoms with Gasteiger partial charge in [0.2, 0.25) is 0 Å². The Hall–Kier alpha value is -1.92. The molecule has 6 heteroatoms. The average molecular weight is 287 g/mol. The summed E-state index contributed by atoms with van der Waals surface area (Å²) < 4.78 is 5.46. The van der Waals surface area contributed by atoms with Gasteiger partial charge in [0.05, 0.1) is 6.04 Å². The molecule has 0 spiro atoms. The van der Waals surface area contributed by atoms with E-state index < -0.39 is 0 Å². The number of hydrogen-bond acceptors (Lipinski definition) is 6. The SMILES string of the molecule is Cc1ccc(N)cc1-c1nc(C2CN(C)CCN2C)no1. The minimum Gasteiger partial charge on any atom is -0.399 e. The highest BCUT2D eigenvalue weighted by molar-refractivity contribution is 5.63. The summed E-state index contributed by atoms with van der Waals surface area (Å²) in [6.07, 6.45) is 0. The molecule has 112 valence electrons. The van der Waals surface area contributed by atoms with Gasteiger partial charge in [-0.25, -0.2) is 0 Å². The van der Waals surface area contributed by atoms with Crippen LogP contribution in [0.1, 0.15) is 17.4 Å². The van der Waals surface area contributed by atoms with E-state index in [0.717, 1.165) is 36.6 Å². The highest BCUT2D eigenvalue weighted by Gasteiger charge is 2.28. The Bertz CT molecular complexity index is 639. The molecule has 0 saturated carbocycles. The minimum absolute atomic E-state index is 0.169. The number of nitrogens with zero attached hydrogens (tertiary/aromatic N) is 4. The molecule has 1 saturated heterocycles. The molecule has 0 aliphatic carbocycles. The fourth-order valence-corrected chi connectivity index (χ4v) is 2.64. The van der Waals surface area contributed by atoms with Crippen molar-refractivity contribution in [2.75, 3.05) is 39.5 Å². The van der Waals surface area contributed by atoms with Gasteiger partial charge in [0.1, 0.15) is 0 Å². The third-order valence-electron chi connectivity index (χ3n) is 4.08. The number of hydrogen-bond donors (Lipinski definition) is 1. The molecule has 1 atom stereocenters. The number of aryl methyl sites for hydroxylation is 1. The van der Waals surface area contributed by atoms with E-state index in [0.29, 0.717) is 11.6 Å². The van der Waals surface area contributed by atoms with Crippen LogP contribution in [0.4, 0.5) is 5.69 Å². The van der Waals surface area contributed by atoms with Crippen molar-refractivity contribution >= 4 is 5.69 Å². The summed E-state index contributed by atoms with van der Waals surface area (Å²) in [5, 5.41) is 4.18. The Morgan fingerprint density at radius 2 is 2.10 bits per heavy atom. The second-order valence-electron chi connectivity index (χ2n) is 5.79. The topological polar surface area (TPSA) is 71.4 Å². The van der Waals surface area contributed by atoms with Gasteiger partial charge in [-0.3, -0.25) is 4.90 Å². The van der Waals surface area contributed by atoms with Crippen LogP contribution in [-0.4, -0.2) is 53.7 Å². The first-order valence-electron chi connectivity index (χ1n) is 7.13. The van der Waals surface area contributed by atoms with Crippen molar-refractivity contribution in [2.45, 2.75) is 13.0 Å². The van der Waals surface area contributed by atoms with Crippen LogP contribution in [0.2, 0.25) is 0 Å². The molecular weight excluding hydrogens is 266 g/mol. The molecule has 1 aromatic heterocycles. The Morgan fingerprint density at radius 3 is 2.90 bits per heavy atom. The first-order chi connectivity index (χ1) is 10.0. The third-order valence-corrected chi connectivity index (χ3v) is 4.08. The first kappa shape index (κ1) is 14.0. The third kappa shape index (κ3) is 2.77. The number of nitrogens with two attached hydrogens (primary N) is 1. The quantitative estimate of drug-likeness (QED) is 0.845. The van der Waals surface area contributed by atoms with Gasteiger partial charge in [-0.05, 0) is 38.7 Å². The van der Waals surface area contributed by atoms with Crippen LogP contribution in [-0.2, 0) is 0 Å². The average Bonchev–Trinajstić information content (AvgIpc) is 2.93. The lowest BCUT2D eigenvalue weighted by Gasteiger charge is -2.35. The van der Waals surface area contributed by atoms with Gasteiger partial charge >= 0.3 is 0 Å². The highest BCUT2D eigenvalue weighted by atomic mass is 16.5. The van der Waals surface area contributed by atoms with Gasteiger partial charge in [-0.1, -0.05) is 11.2 Å². The van der Waals surface area contributed by atoms with E-state index in [4.69, 9.17) is 10.3 Å². The lowest BCUT2D eigenvalue weighted by Crippen LogP contribution is -2.45. The van der Waals surface area contributed by atoms with Crippen molar-refractivity contribution in [1.82, 2.24) is 19.9 Å². The second kappa shape index (κ2) is 5.46. The molecule has 0 amide bonds. The molecule has 1 aliphatic heterocycles. The fraction of sp³-hybridized carbons (Fsp3) is 0.467. The minimum atomic E-state index is 0.169. The molecule has 1 fully saturated rings. The maximum Gasteiger partial charge on any atom is 0.258 e. The first-order valence-corrected chi connectivity index (χ1v) is 7.13. The Balaban J connectivity index is 1.91. The lowest BCUT2D eigenvalue weighted by atomic mass is 10.1. The highest BCUT2D eigenvalue weighted by Crippen LogP contribution is 2.27. The molecule has 2 aromatic rings. The number of piperazine rings is 1. The molecule has 0 radical (unpaired) electrons. The summed E-state index contributed by atoms with van der Waals surface area (Å²) in [5.74, 6) is 1.28. The molecule has 1 unspecified atom stereocenters. The number of benzene rings is 1. The van der Waals surface area contributed by atoms with Gasteiger partial charge in [0, 0.05) is 30.9 Å². The van der Waals surface area contributed by atoms with E-state index in [-0.39, 0.29) is 6.04 Å². The number of rotatable bonds is 2. The van der Waals surface area contributed by atoms with Gasteiger partial charge in [0.15, 0.2) is 5.82 Å². The molecule has 3 rings (SSSR count). The predicted molar refractivity (Wildman–Crippen MR) is 81.8 cm³/mol. The Kier molecular flexibility index (Phi) is 3.65. The smallest absolute Gasteiger partial charge is 0.258 e. The molecule has 6 nitrogen and oxygen atoms in total. The van der Waals surface area contributed by atoms with Crippen LogP contribution in [0, 0.1) is 6.92 Å². The van der Waals surface area contributed by atoms with Crippen molar-refractivity contribution in [3.05, 3.63) is 29.6 Å². The zero-order valence-corrected chi connectivity index (χ0v) is 12.7. The number of nitrogen functional groups attached to an aromatic ring is 1. The van der Waals surface area contributed by atoms with Crippen molar-refractivity contribution < 1.29 is 4.52 Å². The molecule has 1 aromatic carbocycles. The zero-order chi connectivity index (χ0) is 15.0. The zero-order valence-electron chi connectivity index (χ0n) is 12.7. The Labute approximate surface area is 124 Å². The molecule has 2 heterocycles. The van der Waals surface area contributed by atoms with Gasteiger partial charge in [-0.15, -0.1) is 0 Å². The van der Waals surface area contributed by atoms with E-state index in [9.17, 15) is 0 Å². The summed E-state index contributed by atoms with van der Waals surface area (Å²) in [6.45, 7) is 4.99. The van der Waals surface area contributed by atoms with Crippen molar-refractivity contribution in [3.63, 3.8) is 0 Å². The monoisotopic (exact) mass is 287 g/mol. The van der Waals surface area contributed by atoms with E-state index in [1.165, 1.54) is 0 Å². The molecule has 2 N–H and O–H groups in total. The summed E-state index contributed by atoms with van der Waals surface area (Å²) in [4.78, 5) is 9.14. The van der Waals surface area contributed by atoms with Crippen molar-refractivity contribution in [1.29, 1.82) is 0 Å². The molecule has 0 bridgehead atoms. The van der Waals surface area contributed by atoms with Crippen molar-refractivity contribution in [3.8, 4) is 11.5 Å². The summed E-state index contributed by atoms with van der Waals surface area (Å²) in [6, 6.07) is 5.89. The van der Waals surface area contributed by atoms with Crippen LogP contribution >= 0.6 is 0 Å². The Morgan fingerprint density at radius 1 is 1.29 bits per heavy atom. The fourth-order valence-electron chi connectivity index (χ4n) is 2.64. The lowest BCUT2D eigenvalue weighted by molar-refractivity contribution is 0.108. The number of anilines is 1.